The Kier molecular flexibility index (Phi) is 4.61. The predicted octanol–water partition coefficient (Wildman–Crippen LogP) is 3.27. The van der Waals surface area contributed by atoms with Crippen molar-refractivity contribution in [3.8, 4) is 6.07 Å². The number of fused-ring (bicyclic) bond motifs is 3. The molecule has 0 aliphatic rings. The molecule has 2 aromatic heterocycles. The van der Waals surface area contributed by atoms with Crippen molar-refractivity contribution in [1.29, 1.82) is 5.26 Å². The Morgan fingerprint density at radius 3 is 2.66 bits per heavy atom. The number of carbonyl (C=O) groups is 1. The summed E-state index contributed by atoms with van der Waals surface area (Å²) in [6, 6.07) is 16.2. The molecule has 0 spiro atoms. The summed E-state index contributed by atoms with van der Waals surface area (Å²) in [7, 11) is 0. The van der Waals surface area contributed by atoms with E-state index >= 15 is 0 Å². The van der Waals surface area contributed by atoms with Crippen LogP contribution >= 0.6 is 0 Å². The molecule has 0 bridgehead atoms. The van der Waals surface area contributed by atoms with Crippen LogP contribution in [-0.2, 0) is 0 Å². The van der Waals surface area contributed by atoms with Crippen LogP contribution in [0.4, 0.5) is 0 Å². The summed E-state index contributed by atoms with van der Waals surface area (Å²) in [6.45, 7) is 4.32. The maximum Gasteiger partial charge on any atom is 0.259 e. The molecule has 29 heavy (non-hydrogen) atoms. The molecule has 144 valence electrons. The molecule has 4 rings (SSSR count). The summed E-state index contributed by atoms with van der Waals surface area (Å²) >= 11 is 0. The third-order valence-corrected chi connectivity index (χ3v) is 5.20. The fourth-order valence-electron chi connectivity index (χ4n) is 3.60. The average Bonchev–Trinajstić information content (AvgIpc) is 3.18. The number of amides is 1. The number of aromatic nitrogens is 3. The molecule has 1 N–H and O–H groups in total. The van der Waals surface area contributed by atoms with E-state index < -0.39 is 0 Å². The van der Waals surface area contributed by atoms with E-state index in [4.69, 9.17) is 5.26 Å². The van der Waals surface area contributed by atoms with Crippen LogP contribution in [0.1, 0.15) is 41.4 Å². The summed E-state index contributed by atoms with van der Waals surface area (Å²) in [4.78, 5) is 30.3. The summed E-state index contributed by atoms with van der Waals surface area (Å²) in [5.74, 6) is -0.217. The highest BCUT2D eigenvalue weighted by Crippen LogP contribution is 2.24. The average molecular weight is 385 g/mol. The Morgan fingerprint density at radius 2 is 1.97 bits per heavy atom. The third-order valence-electron chi connectivity index (χ3n) is 5.20. The summed E-state index contributed by atoms with van der Waals surface area (Å²) in [6.07, 6.45) is 1.49. The first-order valence-electron chi connectivity index (χ1n) is 9.35. The van der Waals surface area contributed by atoms with Crippen molar-refractivity contribution in [3.63, 3.8) is 0 Å². The number of benzene rings is 2. The Balaban J connectivity index is 1.77. The van der Waals surface area contributed by atoms with E-state index in [1.165, 1.54) is 6.20 Å². The molecule has 0 fully saturated rings. The first-order chi connectivity index (χ1) is 14.0. The molecular weight excluding hydrogens is 366 g/mol. The van der Waals surface area contributed by atoms with Crippen LogP contribution in [0.15, 0.2) is 59.5 Å². The molecule has 2 aromatic carbocycles. The van der Waals surface area contributed by atoms with Crippen LogP contribution in [0.5, 0.6) is 0 Å². The summed E-state index contributed by atoms with van der Waals surface area (Å²) in [5.41, 5.74) is 2.61. The molecule has 0 radical (unpaired) electrons. The van der Waals surface area contributed by atoms with Crippen molar-refractivity contribution in [2.45, 2.75) is 19.9 Å². The Labute approximate surface area is 166 Å². The highest BCUT2D eigenvalue weighted by molar-refractivity contribution is 6.00. The van der Waals surface area contributed by atoms with Crippen LogP contribution in [0.3, 0.4) is 0 Å². The molecule has 7 heteroatoms. The zero-order valence-corrected chi connectivity index (χ0v) is 16.1. The van der Waals surface area contributed by atoms with Crippen LogP contribution in [-0.4, -0.2) is 31.9 Å². The van der Waals surface area contributed by atoms with Crippen molar-refractivity contribution in [2.24, 2.45) is 0 Å². The van der Waals surface area contributed by atoms with E-state index in [-0.39, 0.29) is 17.5 Å². The number of rotatable bonds is 4. The second-order valence-corrected chi connectivity index (χ2v) is 6.79. The third kappa shape index (κ3) is 3.05. The van der Waals surface area contributed by atoms with Gasteiger partial charge in [-0.3, -0.25) is 9.59 Å². The smallest absolute Gasteiger partial charge is 0.259 e. The van der Waals surface area contributed by atoms with Crippen molar-refractivity contribution in [2.75, 3.05) is 6.54 Å². The zero-order valence-electron chi connectivity index (χ0n) is 16.1. The summed E-state index contributed by atoms with van der Waals surface area (Å²) in [5, 5.41) is 13.8. The van der Waals surface area contributed by atoms with Gasteiger partial charge in [-0.2, -0.15) is 10.4 Å². The van der Waals surface area contributed by atoms with Gasteiger partial charge in [-0.05, 0) is 43.7 Å². The van der Waals surface area contributed by atoms with Gasteiger partial charge in [0.1, 0.15) is 11.2 Å². The van der Waals surface area contributed by atoms with Gasteiger partial charge >= 0.3 is 0 Å². The molecular formula is C22H19N5O2. The lowest BCUT2D eigenvalue weighted by Gasteiger charge is -2.28. The molecule has 0 saturated heterocycles. The lowest BCUT2D eigenvalue weighted by molar-refractivity contribution is 0.0704. The molecule has 1 atom stereocenters. The number of nitriles is 1. The van der Waals surface area contributed by atoms with Gasteiger partial charge in [0.2, 0.25) is 0 Å². The number of hydrogen-bond donors (Lipinski definition) is 1. The number of para-hydroxylation sites is 1. The second-order valence-electron chi connectivity index (χ2n) is 6.79. The van der Waals surface area contributed by atoms with Crippen molar-refractivity contribution < 1.29 is 4.79 Å². The maximum absolute atomic E-state index is 13.3. The SMILES string of the molecule is CCN(C(=O)c1cnn2c1[nH]c(=O)c1ccccc12)C(C)c1ccc(C#N)cc1. The zero-order chi connectivity index (χ0) is 20.5. The van der Waals surface area contributed by atoms with Gasteiger partial charge < -0.3 is 9.88 Å². The van der Waals surface area contributed by atoms with Crippen molar-refractivity contribution in [1.82, 2.24) is 19.5 Å². The Bertz CT molecular complexity index is 1310. The van der Waals surface area contributed by atoms with Gasteiger partial charge in [-0.15, -0.1) is 0 Å². The van der Waals surface area contributed by atoms with Crippen LogP contribution in [0.25, 0.3) is 16.6 Å². The number of carbonyl (C=O) groups excluding carboxylic acids is 1. The lowest BCUT2D eigenvalue weighted by Crippen LogP contribution is -2.33. The van der Waals surface area contributed by atoms with E-state index in [1.54, 1.807) is 39.7 Å². The molecule has 2 heterocycles. The van der Waals surface area contributed by atoms with Crippen LogP contribution < -0.4 is 5.56 Å². The fourth-order valence-corrected chi connectivity index (χ4v) is 3.60. The van der Waals surface area contributed by atoms with Gasteiger partial charge in [0.05, 0.1) is 34.8 Å². The monoisotopic (exact) mass is 385 g/mol. The highest BCUT2D eigenvalue weighted by Gasteiger charge is 2.25. The second kappa shape index (κ2) is 7.24. The van der Waals surface area contributed by atoms with Crippen molar-refractivity contribution >= 4 is 22.5 Å². The quantitative estimate of drug-likeness (QED) is 0.583. The van der Waals surface area contributed by atoms with Gasteiger partial charge in [0.25, 0.3) is 11.5 Å². The fraction of sp³-hybridized carbons (Fsp3) is 0.182. The number of hydrogen-bond acceptors (Lipinski definition) is 4. The van der Waals surface area contributed by atoms with Gasteiger partial charge in [-0.25, -0.2) is 4.52 Å². The molecule has 0 saturated carbocycles. The van der Waals surface area contributed by atoms with Crippen molar-refractivity contribution in [3.05, 3.63) is 81.8 Å². The minimum absolute atomic E-state index is 0.206. The predicted molar refractivity (Wildman–Crippen MR) is 110 cm³/mol. The van der Waals surface area contributed by atoms with E-state index in [1.807, 2.05) is 32.0 Å². The number of H-pyrrole nitrogens is 1. The number of aromatic amines is 1. The standard InChI is InChI=1S/C22H19N5O2/c1-3-26(14(2)16-10-8-15(12-23)9-11-16)22(29)18-13-24-27-19-7-5-4-6-17(19)21(28)25-20(18)27/h4-11,13-14H,3H2,1-2H3,(H,25,28). The first-order valence-corrected chi connectivity index (χ1v) is 9.35. The van der Waals surface area contributed by atoms with Crippen LogP contribution in [0, 0.1) is 11.3 Å². The molecule has 1 amide bonds. The van der Waals surface area contributed by atoms with E-state index in [2.05, 4.69) is 16.2 Å². The van der Waals surface area contributed by atoms with Gasteiger partial charge in [0, 0.05) is 6.54 Å². The minimum atomic E-state index is -0.258. The normalized spacial score (nSPS) is 12.0. The number of nitrogens with one attached hydrogen (secondary N) is 1. The largest absolute Gasteiger partial charge is 0.332 e. The van der Waals surface area contributed by atoms with E-state index in [0.717, 1.165) is 5.56 Å². The summed E-state index contributed by atoms with van der Waals surface area (Å²) < 4.78 is 1.59. The highest BCUT2D eigenvalue weighted by atomic mass is 16.2. The topological polar surface area (TPSA) is 94.3 Å². The first kappa shape index (κ1) is 18.4. The number of nitrogens with zero attached hydrogens (tertiary/aromatic N) is 4. The Hall–Kier alpha value is -3.92. The van der Waals surface area contributed by atoms with Gasteiger partial charge in [0.15, 0.2) is 0 Å². The van der Waals surface area contributed by atoms with Gasteiger partial charge in [-0.1, -0.05) is 24.3 Å². The lowest BCUT2D eigenvalue weighted by atomic mass is 10.0. The Morgan fingerprint density at radius 1 is 1.24 bits per heavy atom. The maximum atomic E-state index is 13.3. The molecule has 4 aromatic rings. The molecule has 0 aliphatic carbocycles. The molecule has 7 nitrogen and oxygen atoms in total. The molecule has 1 unspecified atom stereocenters. The minimum Gasteiger partial charge on any atom is -0.332 e. The molecule has 0 aliphatic heterocycles. The van der Waals surface area contributed by atoms with Crippen LogP contribution in [0.2, 0.25) is 0 Å². The van der Waals surface area contributed by atoms with E-state index in [9.17, 15) is 9.59 Å². The van der Waals surface area contributed by atoms with E-state index in [0.29, 0.717) is 34.2 Å².